The van der Waals surface area contributed by atoms with Crippen LogP contribution in [-0.4, -0.2) is 188 Å². The number of methoxy groups -OCH3 is 4. The summed E-state index contributed by atoms with van der Waals surface area (Å²) in [6.07, 6.45) is 0. The number of benzene rings is 2. The maximum atomic E-state index is 5.71. The molecule has 2 aromatic carbocycles. The highest BCUT2D eigenvalue weighted by Crippen LogP contribution is 2.38. The van der Waals surface area contributed by atoms with Crippen LogP contribution in [0.2, 0.25) is 0 Å². The fraction of sp³-hybridized carbons (Fsp3) is 0.750. The zero-order chi connectivity index (χ0) is 43.7. The molecule has 0 radical (unpaired) electrons. The number of nitrogens with zero attached hydrogens (tertiary/aromatic N) is 6. The van der Waals surface area contributed by atoms with E-state index in [1.54, 1.807) is 0 Å². The van der Waals surface area contributed by atoms with Crippen LogP contribution in [0.3, 0.4) is 0 Å². The van der Waals surface area contributed by atoms with Crippen molar-refractivity contribution in [2.45, 2.75) is 88.3 Å². The standard InChI is InChI=1S/C48H84N6O4S2/c1-47(2,3)43-31-39-35-51(21-25-55-9)17-13-49(7)15-19-53(23-27-57-11)37-41-33-44(48(4,5)6)34-42-38-54(24-28-58-12)20-16-50(8)14-18-52(22-26-56-10)36-40(32-43)45(39)59-29-30-60-46(41)42/h31-34H,13-30,35-38H2,1-12H3. The van der Waals surface area contributed by atoms with Gasteiger partial charge in [-0.2, -0.15) is 0 Å². The van der Waals surface area contributed by atoms with Gasteiger partial charge in [0.05, 0.1) is 26.4 Å². The molecule has 0 N–H and O–H groups in total. The summed E-state index contributed by atoms with van der Waals surface area (Å²) in [5.41, 5.74) is 8.68. The first-order valence-corrected chi connectivity index (χ1v) is 24.4. The van der Waals surface area contributed by atoms with E-state index >= 15 is 0 Å². The number of hydrogen-bond acceptors (Lipinski definition) is 12. The lowest BCUT2D eigenvalue weighted by Crippen LogP contribution is -2.40. The maximum Gasteiger partial charge on any atom is 0.0589 e. The summed E-state index contributed by atoms with van der Waals surface area (Å²) >= 11 is 4.15. The molecule has 0 fully saturated rings. The van der Waals surface area contributed by atoms with Gasteiger partial charge in [-0.05, 0) is 58.3 Å². The van der Waals surface area contributed by atoms with Crippen molar-refractivity contribution in [2.75, 3.05) is 159 Å². The van der Waals surface area contributed by atoms with E-state index in [9.17, 15) is 0 Å². The van der Waals surface area contributed by atoms with Crippen LogP contribution < -0.4 is 0 Å². The molecule has 2 aliphatic heterocycles. The van der Waals surface area contributed by atoms with E-state index in [4.69, 9.17) is 18.9 Å². The summed E-state index contributed by atoms with van der Waals surface area (Å²) in [7, 11) is 11.9. The zero-order valence-electron chi connectivity index (χ0n) is 40.0. The Balaban J connectivity index is 1.94. The Bertz CT molecular complexity index is 1350. The van der Waals surface area contributed by atoms with Crippen LogP contribution in [0, 0.1) is 0 Å². The van der Waals surface area contributed by atoms with Gasteiger partial charge in [-0.25, -0.2) is 0 Å². The number of likely N-dealkylation sites (N-methyl/N-ethyl adjacent to an activating group) is 2. The lowest BCUT2D eigenvalue weighted by Gasteiger charge is -2.32. The van der Waals surface area contributed by atoms with Crippen molar-refractivity contribution in [2.24, 2.45) is 0 Å². The smallest absolute Gasteiger partial charge is 0.0589 e. The van der Waals surface area contributed by atoms with Crippen molar-refractivity contribution in [1.29, 1.82) is 0 Å². The molecule has 60 heavy (non-hydrogen) atoms. The average Bonchev–Trinajstić information content (AvgIpc) is 3.20. The van der Waals surface area contributed by atoms with Gasteiger partial charge in [-0.15, -0.1) is 23.5 Å². The summed E-state index contributed by atoms with van der Waals surface area (Å²) in [4.78, 5) is 18.5. The van der Waals surface area contributed by atoms with E-state index in [0.29, 0.717) is 0 Å². The van der Waals surface area contributed by atoms with Gasteiger partial charge in [-0.1, -0.05) is 65.8 Å². The molecule has 0 saturated heterocycles. The minimum absolute atomic E-state index is 0.0254. The molecule has 2 aromatic rings. The molecule has 0 spiro atoms. The van der Waals surface area contributed by atoms with Crippen molar-refractivity contribution in [3.63, 3.8) is 0 Å². The summed E-state index contributed by atoms with van der Waals surface area (Å²) in [5.74, 6) is 2.06. The van der Waals surface area contributed by atoms with Gasteiger partial charge in [0.1, 0.15) is 0 Å². The van der Waals surface area contributed by atoms with Crippen molar-refractivity contribution in [1.82, 2.24) is 29.4 Å². The first-order valence-electron chi connectivity index (χ1n) is 22.5. The predicted octanol–water partition coefficient (Wildman–Crippen LogP) is 6.85. The van der Waals surface area contributed by atoms with Crippen LogP contribution in [0.4, 0.5) is 0 Å². The van der Waals surface area contributed by atoms with Crippen molar-refractivity contribution in [3.8, 4) is 0 Å². The van der Waals surface area contributed by atoms with E-state index < -0.39 is 0 Å². The third kappa shape index (κ3) is 17.0. The Labute approximate surface area is 375 Å². The molecule has 0 saturated carbocycles. The molecular formula is C48H84N6O4S2. The Morgan fingerprint density at radius 1 is 0.433 bits per heavy atom. The molecule has 342 valence electrons. The quantitative estimate of drug-likeness (QED) is 0.225. The summed E-state index contributed by atoms with van der Waals surface area (Å²) in [6, 6.07) is 10.2. The van der Waals surface area contributed by atoms with Gasteiger partial charge in [-0.3, -0.25) is 19.6 Å². The molecule has 4 rings (SSSR count). The monoisotopic (exact) mass is 873 g/mol. The maximum absolute atomic E-state index is 5.71. The first kappa shape index (κ1) is 51.4. The molecule has 10 nitrogen and oxygen atoms in total. The predicted molar refractivity (Wildman–Crippen MR) is 255 cm³/mol. The van der Waals surface area contributed by atoms with Gasteiger partial charge in [0.15, 0.2) is 0 Å². The minimum Gasteiger partial charge on any atom is -0.383 e. The Kier molecular flexibility index (Phi) is 22.2. The highest BCUT2D eigenvalue weighted by Gasteiger charge is 2.25. The van der Waals surface area contributed by atoms with Crippen molar-refractivity contribution < 1.29 is 18.9 Å². The van der Waals surface area contributed by atoms with Crippen LogP contribution in [-0.2, 0) is 56.0 Å². The summed E-state index contributed by atoms with van der Waals surface area (Å²) in [6.45, 7) is 32.2. The van der Waals surface area contributed by atoms with Gasteiger partial charge in [0.2, 0.25) is 0 Å². The van der Waals surface area contributed by atoms with Crippen molar-refractivity contribution >= 4 is 23.5 Å². The van der Waals surface area contributed by atoms with E-state index in [-0.39, 0.29) is 10.8 Å². The average molecular weight is 873 g/mol. The summed E-state index contributed by atoms with van der Waals surface area (Å²) in [5, 5.41) is 0. The van der Waals surface area contributed by atoms with Gasteiger partial charge < -0.3 is 28.7 Å². The van der Waals surface area contributed by atoms with Crippen LogP contribution in [0.1, 0.15) is 74.9 Å². The largest absolute Gasteiger partial charge is 0.383 e. The minimum atomic E-state index is 0.0254. The molecule has 2 aliphatic rings. The second-order valence-corrected chi connectivity index (χ2v) is 21.3. The molecule has 0 aliphatic carbocycles. The second kappa shape index (κ2) is 25.9. The highest BCUT2D eigenvalue weighted by atomic mass is 32.2. The normalized spacial score (nSPS) is 19.3. The number of thioether (sulfide) groups is 2. The topological polar surface area (TPSA) is 56.4 Å². The van der Waals surface area contributed by atoms with Gasteiger partial charge in [0, 0.05) is 154 Å². The highest BCUT2D eigenvalue weighted by molar-refractivity contribution is 8.03. The third-order valence-electron chi connectivity index (χ3n) is 12.0. The van der Waals surface area contributed by atoms with Gasteiger partial charge >= 0.3 is 0 Å². The van der Waals surface area contributed by atoms with Crippen LogP contribution in [0.15, 0.2) is 34.1 Å². The van der Waals surface area contributed by atoms with E-state index in [1.165, 1.54) is 43.2 Å². The van der Waals surface area contributed by atoms with Crippen LogP contribution >= 0.6 is 23.5 Å². The molecule has 0 unspecified atom stereocenters. The molecule has 2 heterocycles. The molecule has 0 amide bonds. The molecular weight excluding hydrogens is 789 g/mol. The van der Waals surface area contributed by atoms with E-state index in [0.717, 1.165) is 143 Å². The van der Waals surface area contributed by atoms with Crippen LogP contribution in [0.5, 0.6) is 0 Å². The van der Waals surface area contributed by atoms with Crippen LogP contribution in [0.25, 0.3) is 0 Å². The lowest BCUT2D eigenvalue weighted by atomic mass is 9.84. The number of fused-ring (bicyclic) bond motifs is 3. The molecule has 0 atom stereocenters. The zero-order valence-corrected chi connectivity index (χ0v) is 41.6. The lowest BCUT2D eigenvalue weighted by molar-refractivity contribution is 0.121. The number of ether oxygens (including phenoxy) is 4. The number of hydrogen-bond donors (Lipinski definition) is 0. The van der Waals surface area contributed by atoms with E-state index in [2.05, 4.69) is 133 Å². The number of rotatable bonds is 12. The molecule has 0 aromatic heterocycles. The third-order valence-corrected chi connectivity index (χ3v) is 14.7. The fourth-order valence-electron chi connectivity index (χ4n) is 7.90. The Morgan fingerprint density at radius 2 is 0.683 bits per heavy atom. The van der Waals surface area contributed by atoms with Gasteiger partial charge in [0.25, 0.3) is 0 Å². The SMILES string of the molecule is COCCN1CCN(C)CCN(CCOC)Cc2cc(C(C)(C)C)cc3c2SCCSc2c(cc(C(C)(C)C)cc2CN(CCOC)CCN(C)CCN(CCOC)C3)C1. The molecule has 12 heteroatoms. The summed E-state index contributed by atoms with van der Waals surface area (Å²) < 4.78 is 22.8. The van der Waals surface area contributed by atoms with E-state index in [1.807, 2.05) is 28.4 Å². The Morgan fingerprint density at radius 3 is 0.900 bits per heavy atom. The first-order chi connectivity index (χ1) is 28.6. The fourth-order valence-corrected chi connectivity index (χ4v) is 10.2. The second-order valence-electron chi connectivity index (χ2n) is 19.1. The Hall–Kier alpha value is -1.26. The molecule has 2 bridgehead atoms. The van der Waals surface area contributed by atoms with Crippen molar-refractivity contribution in [3.05, 3.63) is 57.6 Å².